The SMILES string of the molecule is CCOc1ccc(S(=O)(=O)NCCC(=O)Nc2ccc(N(C)C)nc2)cc1. The highest BCUT2D eigenvalue weighted by atomic mass is 32.2. The van der Waals surface area contributed by atoms with Gasteiger partial charge in [0.2, 0.25) is 15.9 Å². The molecule has 0 saturated heterocycles. The van der Waals surface area contributed by atoms with Crippen molar-refractivity contribution in [1.29, 1.82) is 0 Å². The average molecular weight is 392 g/mol. The Balaban J connectivity index is 1.84. The normalized spacial score (nSPS) is 11.1. The van der Waals surface area contributed by atoms with Gasteiger partial charge >= 0.3 is 0 Å². The molecule has 1 heterocycles. The van der Waals surface area contributed by atoms with E-state index in [4.69, 9.17) is 4.74 Å². The van der Waals surface area contributed by atoms with Crippen LogP contribution in [-0.4, -0.2) is 46.6 Å². The van der Waals surface area contributed by atoms with Crippen LogP contribution in [0.25, 0.3) is 0 Å². The number of benzene rings is 1. The summed E-state index contributed by atoms with van der Waals surface area (Å²) in [5, 5.41) is 2.68. The largest absolute Gasteiger partial charge is 0.494 e. The Morgan fingerprint density at radius 2 is 1.85 bits per heavy atom. The number of amides is 1. The molecule has 0 aliphatic carbocycles. The molecule has 0 bridgehead atoms. The zero-order chi connectivity index (χ0) is 19.9. The fourth-order valence-corrected chi connectivity index (χ4v) is 3.24. The van der Waals surface area contributed by atoms with Crippen LogP contribution in [0, 0.1) is 0 Å². The molecular weight excluding hydrogens is 368 g/mol. The summed E-state index contributed by atoms with van der Waals surface area (Å²) in [5.74, 6) is 1.07. The van der Waals surface area contributed by atoms with E-state index in [1.54, 1.807) is 30.5 Å². The molecule has 0 spiro atoms. The van der Waals surface area contributed by atoms with Crippen LogP contribution in [0.1, 0.15) is 13.3 Å². The smallest absolute Gasteiger partial charge is 0.240 e. The zero-order valence-corrected chi connectivity index (χ0v) is 16.4. The second kappa shape index (κ2) is 9.33. The molecule has 2 aromatic rings. The molecular formula is C18H24N4O4S. The minimum absolute atomic E-state index is 0.00565. The maximum atomic E-state index is 12.2. The van der Waals surface area contributed by atoms with E-state index in [2.05, 4.69) is 15.0 Å². The van der Waals surface area contributed by atoms with Crippen LogP contribution in [-0.2, 0) is 14.8 Å². The second-order valence-electron chi connectivity index (χ2n) is 5.90. The van der Waals surface area contributed by atoms with Crippen molar-refractivity contribution in [3.05, 3.63) is 42.6 Å². The minimum atomic E-state index is -3.68. The molecule has 0 aliphatic heterocycles. The standard InChI is InChI=1S/C18H24N4O4S/c1-4-26-15-6-8-16(9-7-15)27(24,25)20-12-11-18(23)21-14-5-10-17(19-13-14)22(2)3/h5-10,13,20H,4,11-12H2,1-3H3,(H,21,23). The predicted octanol–water partition coefficient (Wildman–Crippen LogP) is 1.85. The van der Waals surface area contributed by atoms with Crippen LogP contribution in [0.5, 0.6) is 5.75 Å². The molecule has 0 saturated carbocycles. The lowest BCUT2D eigenvalue weighted by molar-refractivity contribution is -0.116. The third-order valence-electron chi connectivity index (χ3n) is 3.58. The Morgan fingerprint density at radius 3 is 2.41 bits per heavy atom. The number of nitrogens with zero attached hydrogens (tertiary/aromatic N) is 2. The van der Waals surface area contributed by atoms with Gasteiger partial charge in [-0.1, -0.05) is 0 Å². The first kappa shape index (κ1) is 20.7. The van der Waals surface area contributed by atoms with Crippen molar-refractivity contribution in [2.75, 3.05) is 37.5 Å². The lowest BCUT2D eigenvalue weighted by Gasteiger charge is -2.12. The van der Waals surface area contributed by atoms with Crippen LogP contribution in [0.4, 0.5) is 11.5 Å². The number of carbonyl (C=O) groups is 1. The number of hydrogen-bond acceptors (Lipinski definition) is 6. The molecule has 0 radical (unpaired) electrons. The molecule has 2 rings (SSSR count). The third kappa shape index (κ3) is 6.22. The summed E-state index contributed by atoms with van der Waals surface area (Å²) in [6, 6.07) is 9.63. The van der Waals surface area contributed by atoms with Crippen molar-refractivity contribution >= 4 is 27.4 Å². The molecule has 0 fully saturated rings. The summed E-state index contributed by atoms with van der Waals surface area (Å²) >= 11 is 0. The lowest BCUT2D eigenvalue weighted by Crippen LogP contribution is -2.27. The van der Waals surface area contributed by atoms with Crippen molar-refractivity contribution in [2.24, 2.45) is 0 Å². The Labute approximate surface area is 159 Å². The summed E-state index contributed by atoms with van der Waals surface area (Å²) in [5.41, 5.74) is 0.556. The summed E-state index contributed by atoms with van der Waals surface area (Å²) < 4.78 is 32.2. The number of ether oxygens (including phenoxy) is 1. The number of hydrogen-bond donors (Lipinski definition) is 2. The van der Waals surface area contributed by atoms with Crippen LogP contribution in [0.15, 0.2) is 47.5 Å². The number of nitrogens with one attached hydrogen (secondary N) is 2. The quantitative estimate of drug-likeness (QED) is 0.676. The van der Waals surface area contributed by atoms with E-state index in [9.17, 15) is 13.2 Å². The molecule has 8 nitrogen and oxygen atoms in total. The fraction of sp³-hybridized carbons (Fsp3) is 0.333. The van der Waals surface area contributed by atoms with Crippen molar-refractivity contribution in [2.45, 2.75) is 18.2 Å². The molecule has 0 aliphatic rings. The van der Waals surface area contributed by atoms with Gasteiger partial charge in [0.25, 0.3) is 0 Å². The molecule has 146 valence electrons. The molecule has 9 heteroatoms. The molecule has 1 amide bonds. The molecule has 1 aromatic heterocycles. The van der Waals surface area contributed by atoms with Crippen LogP contribution in [0.2, 0.25) is 0 Å². The molecule has 1 aromatic carbocycles. The van der Waals surface area contributed by atoms with Gasteiger partial charge in [0.1, 0.15) is 11.6 Å². The van der Waals surface area contributed by atoms with Gasteiger partial charge in [-0.05, 0) is 43.3 Å². The number of pyridine rings is 1. The first-order chi connectivity index (χ1) is 12.8. The van der Waals surface area contributed by atoms with Gasteiger partial charge in [-0.25, -0.2) is 18.1 Å². The number of anilines is 2. The van der Waals surface area contributed by atoms with E-state index in [1.807, 2.05) is 25.9 Å². The second-order valence-corrected chi connectivity index (χ2v) is 7.67. The maximum absolute atomic E-state index is 12.2. The van der Waals surface area contributed by atoms with Crippen molar-refractivity contribution in [3.8, 4) is 5.75 Å². The van der Waals surface area contributed by atoms with Gasteiger partial charge in [0, 0.05) is 27.1 Å². The van der Waals surface area contributed by atoms with Gasteiger partial charge < -0.3 is 15.0 Å². The minimum Gasteiger partial charge on any atom is -0.494 e. The molecule has 27 heavy (non-hydrogen) atoms. The number of rotatable bonds is 9. The van der Waals surface area contributed by atoms with Crippen LogP contribution in [0.3, 0.4) is 0 Å². The van der Waals surface area contributed by atoms with Crippen molar-refractivity contribution < 1.29 is 17.9 Å². The fourth-order valence-electron chi connectivity index (χ4n) is 2.21. The average Bonchev–Trinajstić information content (AvgIpc) is 2.63. The third-order valence-corrected chi connectivity index (χ3v) is 5.06. The van der Waals surface area contributed by atoms with E-state index in [0.29, 0.717) is 18.0 Å². The Hall–Kier alpha value is -2.65. The van der Waals surface area contributed by atoms with Crippen LogP contribution < -0.4 is 19.7 Å². The summed E-state index contributed by atoms with van der Waals surface area (Å²) in [6.07, 6.45) is 1.56. The summed E-state index contributed by atoms with van der Waals surface area (Å²) in [6.45, 7) is 2.35. The molecule has 0 unspecified atom stereocenters. The zero-order valence-electron chi connectivity index (χ0n) is 15.6. The Bertz CT molecular complexity index is 850. The summed E-state index contributed by atoms with van der Waals surface area (Å²) in [4.78, 5) is 18.1. The highest BCUT2D eigenvalue weighted by Gasteiger charge is 2.14. The van der Waals surface area contributed by atoms with Crippen LogP contribution >= 0.6 is 0 Å². The van der Waals surface area contributed by atoms with Gasteiger partial charge in [0.05, 0.1) is 23.4 Å². The van der Waals surface area contributed by atoms with E-state index in [0.717, 1.165) is 5.82 Å². The van der Waals surface area contributed by atoms with Crippen molar-refractivity contribution in [1.82, 2.24) is 9.71 Å². The molecule has 0 atom stereocenters. The van der Waals surface area contributed by atoms with E-state index < -0.39 is 10.0 Å². The van der Waals surface area contributed by atoms with Gasteiger partial charge in [-0.3, -0.25) is 4.79 Å². The van der Waals surface area contributed by atoms with Gasteiger partial charge in [-0.2, -0.15) is 0 Å². The number of carbonyl (C=O) groups excluding carboxylic acids is 1. The van der Waals surface area contributed by atoms with Gasteiger partial charge in [0.15, 0.2) is 0 Å². The Morgan fingerprint density at radius 1 is 1.15 bits per heavy atom. The lowest BCUT2D eigenvalue weighted by atomic mass is 10.3. The van der Waals surface area contributed by atoms with Crippen molar-refractivity contribution in [3.63, 3.8) is 0 Å². The monoisotopic (exact) mass is 392 g/mol. The predicted molar refractivity (Wildman–Crippen MR) is 105 cm³/mol. The Kier molecular flexibility index (Phi) is 7.14. The summed E-state index contributed by atoms with van der Waals surface area (Å²) in [7, 11) is 0.0651. The maximum Gasteiger partial charge on any atom is 0.240 e. The first-order valence-corrected chi connectivity index (χ1v) is 9.96. The van der Waals surface area contributed by atoms with E-state index >= 15 is 0 Å². The topological polar surface area (TPSA) is 101 Å². The highest BCUT2D eigenvalue weighted by molar-refractivity contribution is 7.89. The van der Waals surface area contributed by atoms with Gasteiger partial charge in [-0.15, -0.1) is 0 Å². The molecule has 2 N–H and O–H groups in total. The number of sulfonamides is 1. The van der Waals surface area contributed by atoms with E-state index in [1.165, 1.54) is 12.1 Å². The first-order valence-electron chi connectivity index (χ1n) is 8.47. The van der Waals surface area contributed by atoms with E-state index in [-0.39, 0.29) is 23.8 Å². The highest BCUT2D eigenvalue weighted by Crippen LogP contribution is 2.16. The number of aromatic nitrogens is 1.